The first-order valence-electron chi connectivity index (χ1n) is 14.6. The Morgan fingerprint density at radius 3 is 2.58 bits per heavy atom. The average Bonchev–Trinajstić information content (AvgIpc) is 2.95. The van der Waals surface area contributed by atoms with Crippen LogP contribution in [0, 0.1) is 29.1 Å². The van der Waals surface area contributed by atoms with Gasteiger partial charge < -0.3 is 24.7 Å². The van der Waals surface area contributed by atoms with Crippen molar-refractivity contribution in [2.24, 2.45) is 23.5 Å². The van der Waals surface area contributed by atoms with Crippen molar-refractivity contribution >= 4 is 5.97 Å². The number of ether oxygens (including phenoxy) is 4. The molecular formula is C33H42N2O5. The van der Waals surface area contributed by atoms with E-state index < -0.39 is 5.92 Å². The van der Waals surface area contributed by atoms with E-state index in [0.717, 1.165) is 49.1 Å². The van der Waals surface area contributed by atoms with Crippen LogP contribution >= 0.6 is 0 Å². The Balaban J connectivity index is 1.52. The molecule has 40 heavy (non-hydrogen) atoms. The molecule has 1 saturated carbocycles. The highest BCUT2D eigenvalue weighted by Crippen LogP contribution is 2.45. The number of carbonyl (C=O) groups is 1. The summed E-state index contributed by atoms with van der Waals surface area (Å²) in [7, 11) is 1.60. The molecule has 2 aliphatic rings. The third kappa shape index (κ3) is 6.91. The Kier molecular flexibility index (Phi) is 9.98. The van der Waals surface area contributed by atoms with Crippen LogP contribution in [0.1, 0.15) is 89.2 Å². The average molecular weight is 547 g/mol. The number of esters is 1. The predicted molar refractivity (Wildman–Crippen MR) is 154 cm³/mol. The molecule has 1 heterocycles. The molecule has 7 heteroatoms. The standard InChI is InChI=1S/C33H42N2O5/c1-5-6-7-22-8-10-23(11-9-22)33(36)39-25-13-14-26-29(19-25)40-32(35)27(20-34)31(26)24-12-15-28(30(18-24)37-4)38-17-16-21(2)3/h12-15,18-19,21-23,31H,5-11,16-17,35H2,1-4H3. The number of hydrogen-bond donors (Lipinski definition) is 1. The third-order valence-electron chi connectivity index (χ3n) is 8.03. The highest BCUT2D eigenvalue weighted by molar-refractivity contribution is 5.75. The van der Waals surface area contributed by atoms with Gasteiger partial charge in [0.25, 0.3) is 0 Å². The second-order valence-corrected chi connectivity index (χ2v) is 11.3. The number of rotatable bonds is 11. The summed E-state index contributed by atoms with van der Waals surface area (Å²) in [6.07, 6.45) is 8.56. The van der Waals surface area contributed by atoms with Gasteiger partial charge in [0.05, 0.1) is 25.6 Å². The lowest BCUT2D eigenvalue weighted by atomic mass is 9.80. The first-order chi connectivity index (χ1) is 19.3. The lowest BCUT2D eigenvalue weighted by molar-refractivity contribution is -0.140. The number of carbonyl (C=O) groups excluding carboxylic acids is 1. The normalized spacial score (nSPS) is 20.4. The van der Waals surface area contributed by atoms with Crippen LogP contribution in [0.25, 0.3) is 0 Å². The molecule has 0 bridgehead atoms. The fourth-order valence-electron chi connectivity index (χ4n) is 5.61. The minimum atomic E-state index is -0.462. The van der Waals surface area contributed by atoms with Gasteiger partial charge in [0.1, 0.15) is 23.1 Å². The molecule has 214 valence electrons. The molecule has 0 amide bonds. The van der Waals surface area contributed by atoms with Crippen LogP contribution in [-0.2, 0) is 4.79 Å². The molecule has 0 saturated heterocycles. The molecule has 0 spiro atoms. The predicted octanol–water partition coefficient (Wildman–Crippen LogP) is 7.24. The maximum atomic E-state index is 13.0. The van der Waals surface area contributed by atoms with Crippen molar-refractivity contribution in [3.8, 4) is 29.1 Å². The van der Waals surface area contributed by atoms with Crippen LogP contribution in [-0.4, -0.2) is 19.7 Å². The fourth-order valence-corrected chi connectivity index (χ4v) is 5.61. The summed E-state index contributed by atoms with van der Waals surface area (Å²) in [4.78, 5) is 13.0. The Morgan fingerprint density at radius 1 is 1.12 bits per heavy atom. The van der Waals surface area contributed by atoms with E-state index in [4.69, 9.17) is 24.7 Å². The molecule has 0 radical (unpaired) electrons. The largest absolute Gasteiger partial charge is 0.493 e. The summed E-state index contributed by atoms with van der Waals surface area (Å²) in [5, 5.41) is 9.96. The lowest BCUT2D eigenvalue weighted by Crippen LogP contribution is -2.26. The Hall–Kier alpha value is -3.66. The number of allylic oxidation sites excluding steroid dienone is 1. The maximum absolute atomic E-state index is 13.0. The maximum Gasteiger partial charge on any atom is 0.314 e. The molecule has 2 aromatic carbocycles. The molecule has 1 aliphatic carbocycles. The van der Waals surface area contributed by atoms with Crippen molar-refractivity contribution in [1.82, 2.24) is 0 Å². The highest BCUT2D eigenvalue weighted by atomic mass is 16.5. The van der Waals surface area contributed by atoms with E-state index in [0.29, 0.717) is 41.1 Å². The molecule has 4 rings (SSSR count). The Morgan fingerprint density at radius 2 is 1.90 bits per heavy atom. The van der Waals surface area contributed by atoms with Crippen LogP contribution in [0.3, 0.4) is 0 Å². The second kappa shape index (κ2) is 13.6. The van der Waals surface area contributed by atoms with E-state index in [-0.39, 0.29) is 17.8 Å². The van der Waals surface area contributed by atoms with Gasteiger partial charge in [-0.2, -0.15) is 5.26 Å². The molecular weight excluding hydrogens is 504 g/mol. The Bertz CT molecular complexity index is 1250. The molecule has 1 atom stereocenters. The van der Waals surface area contributed by atoms with Gasteiger partial charge in [-0.1, -0.05) is 52.2 Å². The molecule has 1 fully saturated rings. The van der Waals surface area contributed by atoms with Gasteiger partial charge in [-0.25, -0.2) is 0 Å². The molecule has 0 aromatic heterocycles. The zero-order valence-electron chi connectivity index (χ0n) is 24.2. The van der Waals surface area contributed by atoms with Gasteiger partial charge in [-0.15, -0.1) is 0 Å². The van der Waals surface area contributed by atoms with E-state index in [1.165, 1.54) is 19.3 Å². The van der Waals surface area contributed by atoms with Crippen LogP contribution in [0.4, 0.5) is 0 Å². The second-order valence-electron chi connectivity index (χ2n) is 11.3. The summed E-state index contributed by atoms with van der Waals surface area (Å²) >= 11 is 0. The molecule has 1 aliphatic heterocycles. The van der Waals surface area contributed by atoms with E-state index in [2.05, 4.69) is 26.8 Å². The highest BCUT2D eigenvalue weighted by Gasteiger charge is 2.32. The van der Waals surface area contributed by atoms with E-state index in [1.54, 1.807) is 19.2 Å². The van der Waals surface area contributed by atoms with Gasteiger partial charge in [-0.3, -0.25) is 4.79 Å². The number of fused-ring (bicyclic) bond motifs is 1. The van der Waals surface area contributed by atoms with Crippen molar-refractivity contribution in [2.45, 2.75) is 78.1 Å². The van der Waals surface area contributed by atoms with E-state index in [9.17, 15) is 10.1 Å². The number of benzene rings is 2. The third-order valence-corrected chi connectivity index (χ3v) is 8.03. The number of nitrogens with zero attached hydrogens (tertiary/aromatic N) is 1. The van der Waals surface area contributed by atoms with Crippen LogP contribution in [0.15, 0.2) is 47.9 Å². The quantitative estimate of drug-likeness (QED) is 0.234. The van der Waals surface area contributed by atoms with Crippen LogP contribution in [0.2, 0.25) is 0 Å². The van der Waals surface area contributed by atoms with Gasteiger partial charge in [0.2, 0.25) is 5.88 Å². The molecule has 2 aromatic rings. The number of unbranched alkanes of at least 4 members (excludes halogenated alkanes) is 1. The number of methoxy groups -OCH3 is 1. The van der Waals surface area contributed by atoms with Gasteiger partial charge in [0.15, 0.2) is 11.5 Å². The minimum Gasteiger partial charge on any atom is -0.493 e. The molecule has 1 unspecified atom stereocenters. The van der Waals surface area contributed by atoms with Crippen molar-refractivity contribution in [3.63, 3.8) is 0 Å². The van der Waals surface area contributed by atoms with Crippen molar-refractivity contribution in [3.05, 3.63) is 59.0 Å². The number of nitriles is 1. The Labute approximate surface area is 238 Å². The lowest BCUT2D eigenvalue weighted by Gasteiger charge is -2.28. The van der Waals surface area contributed by atoms with E-state index in [1.807, 2.05) is 24.3 Å². The summed E-state index contributed by atoms with van der Waals surface area (Å²) in [5.74, 6) is 2.66. The first kappa shape index (κ1) is 29.3. The number of hydrogen-bond acceptors (Lipinski definition) is 7. The SMILES string of the molecule is CCCCC1CCC(C(=O)Oc2ccc3c(c2)OC(N)=C(C#N)C3c2ccc(OCCC(C)C)c(OC)c2)CC1. The van der Waals surface area contributed by atoms with Crippen LogP contribution < -0.4 is 24.7 Å². The first-order valence-corrected chi connectivity index (χ1v) is 14.6. The van der Waals surface area contributed by atoms with Crippen LogP contribution in [0.5, 0.6) is 23.0 Å². The van der Waals surface area contributed by atoms with Crippen molar-refractivity contribution in [2.75, 3.05) is 13.7 Å². The fraction of sp³-hybridized carbons (Fsp3) is 0.515. The van der Waals surface area contributed by atoms with E-state index >= 15 is 0 Å². The van der Waals surface area contributed by atoms with Gasteiger partial charge in [0, 0.05) is 11.6 Å². The topological polar surface area (TPSA) is 104 Å². The summed E-state index contributed by atoms with van der Waals surface area (Å²) in [5.41, 5.74) is 8.11. The van der Waals surface area contributed by atoms with Gasteiger partial charge >= 0.3 is 5.97 Å². The summed E-state index contributed by atoms with van der Waals surface area (Å²) in [6.45, 7) is 7.11. The van der Waals surface area contributed by atoms with Gasteiger partial charge in [-0.05, 0) is 67.7 Å². The smallest absolute Gasteiger partial charge is 0.314 e. The molecule has 7 nitrogen and oxygen atoms in total. The van der Waals surface area contributed by atoms with Crippen molar-refractivity contribution in [1.29, 1.82) is 5.26 Å². The zero-order chi connectivity index (χ0) is 28.6. The molecule has 2 N–H and O–H groups in total. The number of nitrogens with two attached hydrogens (primary N) is 1. The zero-order valence-corrected chi connectivity index (χ0v) is 24.2. The summed E-state index contributed by atoms with van der Waals surface area (Å²) in [6, 6.07) is 13.2. The summed E-state index contributed by atoms with van der Waals surface area (Å²) < 4.78 is 23.2. The monoisotopic (exact) mass is 546 g/mol. The van der Waals surface area contributed by atoms with Crippen molar-refractivity contribution < 1.29 is 23.7 Å². The minimum absolute atomic E-state index is 0.0325.